The Bertz CT molecular complexity index is 787. The molecule has 0 saturated heterocycles. The molecule has 5 nitrogen and oxygen atoms in total. The van der Waals surface area contributed by atoms with E-state index >= 15 is 0 Å². The summed E-state index contributed by atoms with van der Waals surface area (Å²) < 4.78 is 27.4. The highest BCUT2D eigenvalue weighted by atomic mass is 32.2. The molecule has 0 fully saturated rings. The summed E-state index contributed by atoms with van der Waals surface area (Å²) >= 11 is 0. The molecule has 0 unspecified atom stereocenters. The molecule has 0 atom stereocenters. The first-order valence-electron chi connectivity index (χ1n) is 7.84. The number of para-hydroxylation sites is 1. The van der Waals surface area contributed by atoms with Crippen molar-refractivity contribution in [3.8, 4) is 0 Å². The molecule has 2 N–H and O–H groups in total. The maximum atomic E-state index is 12.4. The van der Waals surface area contributed by atoms with Crippen molar-refractivity contribution in [2.75, 3.05) is 11.3 Å². The van der Waals surface area contributed by atoms with Gasteiger partial charge in [-0.2, -0.15) is 0 Å². The topological polar surface area (TPSA) is 75.3 Å². The van der Waals surface area contributed by atoms with Gasteiger partial charge in [0.15, 0.2) is 0 Å². The molecule has 1 amide bonds. The van der Waals surface area contributed by atoms with Crippen LogP contribution in [0.5, 0.6) is 0 Å². The zero-order chi connectivity index (χ0) is 17.6. The smallest absolute Gasteiger partial charge is 0.261 e. The minimum atomic E-state index is -3.73. The summed E-state index contributed by atoms with van der Waals surface area (Å²) in [6.45, 7) is 4.72. The molecule has 0 bridgehead atoms. The number of sulfonamides is 1. The Hall–Kier alpha value is -2.34. The number of rotatable bonds is 7. The maximum Gasteiger partial charge on any atom is 0.261 e. The second-order valence-electron chi connectivity index (χ2n) is 5.94. The highest BCUT2D eigenvalue weighted by Gasteiger charge is 2.16. The minimum Gasteiger partial charge on any atom is -0.352 e. The Morgan fingerprint density at radius 1 is 1.04 bits per heavy atom. The molecule has 0 saturated carbocycles. The van der Waals surface area contributed by atoms with Crippen LogP contribution in [0.4, 0.5) is 5.69 Å². The highest BCUT2D eigenvalue weighted by Crippen LogP contribution is 2.17. The van der Waals surface area contributed by atoms with Gasteiger partial charge in [-0.05, 0) is 42.7 Å². The average molecular weight is 346 g/mol. The lowest BCUT2D eigenvalue weighted by Gasteiger charge is -2.10. The van der Waals surface area contributed by atoms with E-state index in [9.17, 15) is 13.2 Å². The Morgan fingerprint density at radius 2 is 1.75 bits per heavy atom. The quantitative estimate of drug-likeness (QED) is 0.808. The fourth-order valence-electron chi connectivity index (χ4n) is 2.10. The Balaban J connectivity index is 2.13. The maximum absolute atomic E-state index is 12.4. The predicted molar refractivity (Wildman–Crippen MR) is 95.5 cm³/mol. The second kappa shape index (κ2) is 7.97. The molecule has 2 rings (SSSR count). The molecule has 0 aliphatic rings. The fraction of sp³-hybridized carbons (Fsp3) is 0.278. The molecular weight excluding hydrogens is 324 g/mol. The summed E-state index contributed by atoms with van der Waals surface area (Å²) in [5.41, 5.74) is 0.805. The molecule has 0 radical (unpaired) electrons. The number of benzene rings is 2. The van der Waals surface area contributed by atoms with Crippen molar-refractivity contribution in [2.24, 2.45) is 5.92 Å². The monoisotopic (exact) mass is 346 g/mol. The van der Waals surface area contributed by atoms with Gasteiger partial charge in [-0.3, -0.25) is 9.52 Å². The normalized spacial score (nSPS) is 11.3. The van der Waals surface area contributed by atoms with Gasteiger partial charge in [0.1, 0.15) is 0 Å². The average Bonchev–Trinajstić information content (AvgIpc) is 2.55. The Kier molecular flexibility index (Phi) is 5.98. The van der Waals surface area contributed by atoms with Gasteiger partial charge >= 0.3 is 0 Å². The van der Waals surface area contributed by atoms with Gasteiger partial charge in [-0.15, -0.1) is 0 Å². The SMILES string of the molecule is CC(C)CCNC(=O)c1cccc(S(=O)(=O)Nc2ccccc2)c1. The number of anilines is 1. The Labute approximate surface area is 143 Å². The van der Waals surface area contributed by atoms with E-state index in [2.05, 4.69) is 23.9 Å². The molecule has 0 aliphatic carbocycles. The van der Waals surface area contributed by atoms with E-state index in [4.69, 9.17) is 0 Å². The van der Waals surface area contributed by atoms with Crippen molar-refractivity contribution < 1.29 is 13.2 Å². The van der Waals surface area contributed by atoms with Gasteiger partial charge in [0, 0.05) is 17.8 Å². The van der Waals surface area contributed by atoms with E-state index in [-0.39, 0.29) is 10.8 Å². The number of hydrogen-bond acceptors (Lipinski definition) is 3. The summed E-state index contributed by atoms with van der Waals surface area (Å²) in [5, 5.41) is 2.80. The predicted octanol–water partition coefficient (Wildman–Crippen LogP) is 3.26. The number of carbonyl (C=O) groups excluding carboxylic acids is 1. The first-order chi connectivity index (χ1) is 11.4. The summed E-state index contributed by atoms with van der Waals surface area (Å²) in [6.07, 6.45) is 0.874. The van der Waals surface area contributed by atoms with E-state index in [1.54, 1.807) is 42.5 Å². The highest BCUT2D eigenvalue weighted by molar-refractivity contribution is 7.92. The van der Waals surface area contributed by atoms with Crippen LogP contribution in [0.25, 0.3) is 0 Å². The molecule has 24 heavy (non-hydrogen) atoms. The van der Waals surface area contributed by atoms with E-state index in [0.717, 1.165) is 6.42 Å². The van der Waals surface area contributed by atoms with Gasteiger partial charge in [-0.1, -0.05) is 38.1 Å². The van der Waals surface area contributed by atoms with Gasteiger partial charge in [0.05, 0.1) is 4.90 Å². The first kappa shape index (κ1) is 18.0. The van der Waals surface area contributed by atoms with Crippen molar-refractivity contribution in [3.05, 3.63) is 60.2 Å². The van der Waals surface area contributed by atoms with Crippen LogP contribution in [0.15, 0.2) is 59.5 Å². The van der Waals surface area contributed by atoms with Crippen molar-refractivity contribution in [2.45, 2.75) is 25.2 Å². The lowest BCUT2D eigenvalue weighted by molar-refractivity contribution is 0.0952. The van der Waals surface area contributed by atoms with Crippen LogP contribution in [0.3, 0.4) is 0 Å². The molecule has 0 heterocycles. The molecule has 2 aromatic carbocycles. The molecule has 2 aromatic rings. The third kappa shape index (κ3) is 5.09. The van der Waals surface area contributed by atoms with Crippen LogP contribution >= 0.6 is 0 Å². The zero-order valence-electron chi connectivity index (χ0n) is 13.8. The van der Waals surface area contributed by atoms with Gasteiger partial charge < -0.3 is 5.32 Å². The number of carbonyl (C=O) groups is 1. The molecule has 0 aliphatic heterocycles. The first-order valence-corrected chi connectivity index (χ1v) is 9.33. The zero-order valence-corrected chi connectivity index (χ0v) is 14.6. The van der Waals surface area contributed by atoms with Crippen LogP contribution in [0.1, 0.15) is 30.6 Å². The van der Waals surface area contributed by atoms with Gasteiger partial charge in [0.2, 0.25) is 0 Å². The van der Waals surface area contributed by atoms with Crippen LogP contribution in [0.2, 0.25) is 0 Å². The minimum absolute atomic E-state index is 0.0582. The molecule has 0 spiro atoms. The second-order valence-corrected chi connectivity index (χ2v) is 7.62. The Morgan fingerprint density at radius 3 is 2.42 bits per heavy atom. The summed E-state index contributed by atoms with van der Waals surface area (Å²) in [6, 6.07) is 14.7. The van der Waals surface area contributed by atoms with Crippen molar-refractivity contribution in [3.63, 3.8) is 0 Å². The molecule has 6 heteroatoms. The van der Waals surface area contributed by atoms with Crippen molar-refractivity contribution in [1.82, 2.24) is 5.32 Å². The van der Waals surface area contributed by atoms with Crippen LogP contribution in [-0.2, 0) is 10.0 Å². The number of hydrogen-bond donors (Lipinski definition) is 2. The lowest BCUT2D eigenvalue weighted by atomic mass is 10.1. The van der Waals surface area contributed by atoms with Crippen LogP contribution < -0.4 is 10.0 Å². The molecule has 128 valence electrons. The summed E-state index contributed by atoms with van der Waals surface area (Å²) in [7, 11) is -3.73. The van der Waals surface area contributed by atoms with E-state index < -0.39 is 10.0 Å². The molecule has 0 aromatic heterocycles. The number of nitrogens with one attached hydrogen (secondary N) is 2. The largest absolute Gasteiger partial charge is 0.352 e. The van der Waals surface area contributed by atoms with E-state index in [0.29, 0.717) is 23.7 Å². The third-order valence-corrected chi connectivity index (χ3v) is 4.82. The number of amides is 1. The standard InChI is InChI=1S/C18H22N2O3S/c1-14(2)11-12-19-18(21)15-7-6-10-17(13-15)24(22,23)20-16-8-4-3-5-9-16/h3-10,13-14,20H,11-12H2,1-2H3,(H,19,21). The van der Waals surface area contributed by atoms with Crippen LogP contribution in [-0.4, -0.2) is 20.9 Å². The fourth-order valence-corrected chi connectivity index (χ4v) is 3.21. The summed E-state index contributed by atoms with van der Waals surface area (Å²) in [5.74, 6) is 0.222. The van der Waals surface area contributed by atoms with E-state index in [1.165, 1.54) is 12.1 Å². The van der Waals surface area contributed by atoms with Gasteiger partial charge in [0.25, 0.3) is 15.9 Å². The van der Waals surface area contributed by atoms with E-state index in [1.807, 2.05) is 0 Å². The lowest BCUT2D eigenvalue weighted by Crippen LogP contribution is -2.25. The van der Waals surface area contributed by atoms with Gasteiger partial charge in [-0.25, -0.2) is 8.42 Å². The molecular formula is C18H22N2O3S. The third-order valence-electron chi connectivity index (χ3n) is 3.44. The summed E-state index contributed by atoms with van der Waals surface area (Å²) in [4.78, 5) is 12.2. The van der Waals surface area contributed by atoms with Crippen molar-refractivity contribution >= 4 is 21.6 Å². The van der Waals surface area contributed by atoms with Crippen LogP contribution in [0, 0.1) is 5.92 Å². The van der Waals surface area contributed by atoms with Crippen molar-refractivity contribution in [1.29, 1.82) is 0 Å².